The maximum atomic E-state index is 12.5. The number of aliphatic hydroxyl groups is 1. The van der Waals surface area contributed by atoms with Crippen LogP contribution in [0.4, 0.5) is 10.5 Å². The number of benzene rings is 2. The molecule has 4 rings (SSSR count). The van der Waals surface area contributed by atoms with Crippen LogP contribution >= 0.6 is 0 Å². The van der Waals surface area contributed by atoms with E-state index in [0.717, 1.165) is 68.4 Å². The normalized spacial score (nSPS) is 19.3. The molecule has 2 aliphatic rings. The fraction of sp³-hybridized carbons (Fsp3) is 0.552. The lowest BCUT2D eigenvalue weighted by Gasteiger charge is -2.43. The van der Waals surface area contributed by atoms with Crippen molar-refractivity contribution in [3.05, 3.63) is 64.2 Å². The third-order valence-electron chi connectivity index (χ3n) is 7.54. The molecule has 8 nitrogen and oxygen atoms in total. The van der Waals surface area contributed by atoms with Crippen LogP contribution in [-0.4, -0.2) is 69.8 Å². The number of amides is 1. The van der Waals surface area contributed by atoms with Crippen molar-refractivity contribution in [2.45, 2.75) is 70.0 Å². The number of carbonyl (C=O) groups excluding carboxylic acids is 1. The Morgan fingerprint density at radius 1 is 1.03 bits per heavy atom. The molecule has 1 heterocycles. The summed E-state index contributed by atoms with van der Waals surface area (Å²) < 4.78 is 5.53. The molecule has 1 atom stereocenters. The Hall–Kier alpha value is -2.97. The summed E-state index contributed by atoms with van der Waals surface area (Å²) in [5, 5.41) is 23.0. The van der Waals surface area contributed by atoms with E-state index in [4.69, 9.17) is 4.74 Å². The van der Waals surface area contributed by atoms with Crippen LogP contribution in [0.25, 0.3) is 11.1 Å². The lowest BCUT2D eigenvalue weighted by atomic mass is 9.72. The largest absolute Gasteiger partial charge is 0.444 e. The van der Waals surface area contributed by atoms with Crippen molar-refractivity contribution in [2.24, 2.45) is 0 Å². The molecular weight excluding hydrogens is 470 g/mol. The Morgan fingerprint density at radius 3 is 2.27 bits per heavy atom. The minimum atomic E-state index is -0.770. The molecule has 0 aromatic heterocycles. The van der Waals surface area contributed by atoms with E-state index in [1.54, 1.807) is 17.0 Å². The third-order valence-corrected chi connectivity index (χ3v) is 7.54. The molecule has 1 aliphatic heterocycles. The van der Waals surface area contributed by atoms with Crippen LogP contribution in [0.3, 0.4) is 0 Å². The van der Waals surface area contributed by atoms with Gasteiger partial charge in [-0.15, -0.1) is 0 Å². The summed E-state index contributed by atoms with van der Waals surface area (Å²) in [7, 11) is 0. The molecule has 2 aromatic rings. The van der Waals surface area contributed by atoms with Crippen molar-refractivity contribution in [3.8, 4) is 11.1 Å². The Balaban J connectivity index is 1.49. The molecule has 1 amide bonds. The van der Waals surface area contributed by atoms with Gasteiger partial charge in [-0.2, -0.15) is 0 Å². The van der Waals surface area contributed by atoms with E-state index < -0.39 is 11.2 Å². The van der Waals surface area contributed by atoms with Crippen LogP contribution in [0.1, 0.15) is 64.4 Å². The van der Waals surface area contributed by atoms with E-state index in [2.05, 4.69) is 17.0 Å². The summed E-state index contributed by atoms with van der Waals surface area (Å²) in [5.41, 5.74) is 1.57. The molecule has 200 valence electrons. The summed E-state index contributed by atoms with van der Waals surface area (Å²) in [6, 6.07) is 14.8. The van der Waals surface area contributed by atoms with Gasteiger partial charge in [0.2, 0.25) is 0 Å². The molecule has 2 aromatic carbocycles. The van der Waals surface area contributed by atoms with Crippen LogP contribution < -0.4 is 0 Å². The van der Waals surface area contributed by atoms with Crippen molar-refractivity contribution in [1.29, 1.82) is 0 Å². The van der Waals surface area contributed by atoms with Gasteiger partial charge >= 0.3 is 6.09 Å². The van der Waals surface area contributed by atoms with Gasteiger partial charge in [-0.25, -0.2) is 4.79 Å². The number of carbonyl (C=O) groups is 1. The Labute approximate surface area is 219 Å². The SMILES string of the molecule is CC(C)(C)OC(=O)N1CCN(CC(c2ccc(-c3cccc([N+](=O)[O-])c3)cc2)C2(O)CCCCC2)CC1. The van der Waals surface area contributed by atoms with E-state index >= 15 is 0 Å². The average Bonchev–Trinajstić information content (AvgIpc) is 2.87. The minimum absolute atomic E-state index is 0.0555. The number of nitro groups is 1. The molecule has 0 spiro atoms. The number of ether oxygens (including phenoxy) is 1. The van der Waals surface area contributed by atoms with Crippen LogP contribution in [0.2, 0.25) is 0 Å². The zero-order chi connectivity index (χ0) is 26.6. The Bertz CT molecular complexity index is 1080. The standard InChI is InChI=1S/C29H39N3O5/c1-28(2,3)37-27(33)31-18-16-30(17-19-31)21-26(29(34)14-5-4-6-15-29)23-12-10-22(11-13-23)24-8-7-9-25(20-24)32(35)36/h7-13,20,26,34H,4-6,14-19,21H2,1-3H3. The molecule has 37 heavy (non-hydrogen) atoms. The maximum absolute atomic E-state index is 12.5. The first kappa shape index (κ1) is 27.1. The maximum Gasteiger partial charge on any atom is 0.410 e. The predicted octanol–water partition coefficient (Wildman–Crippen LogP) is 5.59. The van der Waals surface area contributed by atoms with Crippen LogP contribution in [0, 0.1) is 10.1 Å². The first-order chi connectivity index (χ1) is 17.5. The number of nitrogens with zero attached hydrogens (tertiary/aromatic N) is 3. The second kappa shape index (κ2) is 11.2. The molecular formula is C29H39N3O5. The van der Waals surface area contributed by atoms with Gasteiger partial charge in [0.1, 0.15) is 5.60 Å². The minimum Gasteiger partial charge on any atom is -0.444 e. The fourth-order valence-corrected chi connectivity index (χ4v) is 5.50. The van der Waals surface area contributed by atoms with Gasteiger partial charge in [0.25, 0.3) is 5.69 Å². The zero-order valence-electron chi connectivity index (χ0n) is 22.2. The number of hydrogen-bond donors (Lipinski definition) is 1. The summed E-state index contributed by atoms with van der Waals surface area (Å²) in [4.78, 5) is 27.4. The predicted molar refractivity (Wildman–Crippen MR) is 144 cm³/mol. The highest BCUT2D eigenvalue weighted by Gasteiger charge is 2.40. The second-order valence-electron chi connectivity index (χ2n) is 11.4. The molecule has 8 heteroatoms. The average molecular weight is 510 g/mol. The topological polar surface area (TPSA) is 96.2 Å². The lowest BCUT2D eigenvalue weighted by molar-refractivity contribution is -0.384. The zero-order valence-corrected chi connectivity index (χ0v) is 22.2. The monoisotopic (exact) mass is 509 g/mol. The number of rotatable bonds is 6. The Morgan fingerprint density at radius 2 is 1.68 bits per heavy atom. The molecule has 0 radical (unpaired) electrons. The second-order valence-corrected chi connectivity index (χ2v) is 11.4. The van der Waals surface area contributed by atoms with Crippen LogP contribution in [-0.2, 0) is 4.74 Å². The van der Waals surface area contributed by atoms with Crippen molar-refractivity contribution in [1.82, 2.24) is 9.80 Å². The summed E-state index contributed by atoms with van der Waals surface area (Å²) >= 11 is 0. The van der Waals surface area contributed by atoms with E-state index in [9.17, 15) is 20.0 Å². The molecule has 0 bridgehead atoms. The smallest absolute Gasteiger partial charge is 0.410 e. The molecule has 1 unspecified atom stereocenters. The quantitative estimate of drug-likeness (QED) is 0.403. The summed E-state index contributed by atoms with van der Waals surface area (Å²) in [6.45, 7) is 9.02. The third kappa shape index (κ3) is 6.87. The van der Waals surface area contributed by atoms with Gasteiger partial charge in [0.15, 0.2) is 0 Å². The summed E-state index contributed by atoms with van der Waals surface area (Å²) in [6.07, 6.45) is 4.47. The van der Waals surface area contributed by atoms with E-state index in [-0.39, 0.29) is 22.6 Å². The first-order valence-corrected chi connectivity index (χ1v) is 13.3. The van der Waals surface area contributed by atoms with Gasteiger partial charge in [-0.3, -0.25) is 15.0 Å². The Kier molecular flexibility index (Phi) is 8.19. The number of nitro benzene ring substituents is 1. The van der Waals surface area contributed by atoms with E-state index in [1.807, 2.05) is 39.0 Å². The van der Waals surface area contributed by atoms with Crippen LogP contribution in [0.15, 0.2) is 48.5 Å². The highest BCUT2D eigenvalue weighted by molar-refractivity contribution is 5.68. The highest BCUT2D eigenvalue weighted by Crippen LogP contribution is 2.41. The first-order valence-electron chi connectivity index (χ1n) is 13.3. The molecule has 2 fully saturated rings. The lowest BCUT2D eigenvalue weighted by Crippen LogP contribution is -2.52. The highest BCUT2D eigenvalue weighted by atomic mass is 16.6. The van der Waals surface area contributed by atoms with Gasteiger partial charge in [-0.05, 0) is 50.3 Å². The number of hydrogen-bond acceptors (Lipinski definition) is 6. The number of non-ortho nitro benzene ring substituents is 1. The summed E-state index contributed by atoms with van der Waals surface area (Å²) in [5.74, 6) is -0.0555. The van der Waals surface area contributed by atoms with Gasteiger partial charge in [0, 0.05) is 50.8 Å². The van der Waals surface area contributed by atoms with Gasteiger partial charge in [0.05, 0.1) is 10.5 Å². The van der Waals surface area contributed by atoms with Crippen molar-refractivity contribution in [3.63, 3.8) is 0 Å². The van der Waals surface area contributed by atoms with Gasteiger partial charge in [-0.1, -0.05) is 55.7 Å². The van der Waals surface area contributed by atoms with Crippen LogP contribution in [0.5, 0.6) is 0 Å². The van der Waals surface area contributed by atoms with Crippen molar-refractivity contribution < 1.29 is 19.6 Å². The molecule has 1 saturated heterocycles. The molecule has 1 saturated carbocycles. The van der Waals surface area contributed by atoms with Crippen molar-refractivity contribution in [2.75, 3.05) is 32.7 Å². The fourth-order valence-electron chi connectivity index (χ4n) is 5.50. The van der Waals surface area contributed by atoms with E-state index in [1.165, 1.54) is 6.07 Å². The molecule has 1 aliphatic carbocycles. The van der Waals surface area contributed by atoms with Crippen molar-refractivity contribution >= 4 is 11.8 Å². The van der Waals surface area contributed by atoms with E-state index in [0.29, 0.717) is 13.1 Å². The molecule has 1 N–H and O–H groups in total. The van der Waals surface area contributed by atoms with Gasteiger partial charge < -0.3 is 14.7 Å². The number of piperazine rings is 1.